The summed E-state index contributed by atoms with van der Waals surface area (Å²) in [5, 5.41) is 13.8. The fourth-order valence-corrected chi connectivity index (χ4v) is 4.08. The van der Waals surface area contributed by atoms with Gasteiger partial charge in [-0.15, -0.1) is 0 Å². The minimum atomic E-state index is -0.0754. The second-order valence-electron chi connectivity index (χ2n) is 7.88. The van der Waals surface area contributed by atoms with Crippen LogP contribution in [0.5, 0.6) is 5.75 Å². The number of rotatable bonds is 4. The van der Waals surface area contributed by atoms with E-state index in [0.29, 0.717) is 10.0 Å². The Labute approximate surface area is 176 Å². The second kappa shape index (κ2) is 7.76. The van der Waals surface area contributed by atoms with Crippen LogP contribution in [0.2, 0.25) is 0 Å². The number of phenolic OH excluding ortho intramolecular Hbond substituents is 1. The summed E-state index contributed by atoms with van der Waals surface area (Å²) in [4.78, 5) is 12.3. The Kier molecular flexibility index (Phi) is 5.77. The average molecular weight is 494 g/mol. The molecule has 0 heterocycles. The van der Waals surface area contributed by atoms with Crippen molar-refractivity contribution in [2.45, 2.75) is 38.5 Å². The molecule has 1 amide bonds. The standard InChI is InChI=1S/C21H22Br2N2O2/c1-21(2,3)14-6-4-12(5-7-14)15-9-16(15)20(27)25-24-11-13-8-19(26)18(23)10-17(13)22/h4-8,10-11,15-16,26H,9H2,1-3H3,(H,25,27)/b24-11+/t15-,16-/m1/s1. The lowest BCUT2D eigenvalue weighted by Gasteiger charge is -2.19. The number of hydrogen-bond donors (Lipinski definition) is 2. The number of phenols is 1. The van der Waals surface area contributed by atoms with E-state index in [-0.39, 0.29) is 28.9 Å². The Morgan fingerprint density at radius 3 is 2.48 bits per heavy atom. The normalized spacial score (nSPS) is 19.3. The molecule has 0 saturated heterocycles. The topological polar surface area (TPSA) is 61.7 Å². The molecule has 2 N–H and O–H groups in total. The van der Waals surface area contributed by atoms with E-state index < -0.39 is 0 Å². The summed E-state index contributed by atoms with van der Waals surface area (Å²) in [6.07, 6.45) is 2.36. The first-order valence-electron chi connectivity index (χ1n) is 8.78. The minimum absolute atomic E-state index is 0.0376. The number of carbonyl (C=O) groups is 1. The highest BCUT2D eigenvalue weighted by atomic mass is 79.9. The Balaban J connectivity index is 1.58. The van der Waals surface area contributed by atoms with Crippen molar-refractivity contribution in [2.24, 2.45) is 11.0 Å². The maximum absolute atomic E-state index is 12.3. The Morgan fingerprint density at radius 2 is 1.85 bits per heavy atom. The lowest BCUT2D eigenvalue weighted by molar-refractivity contribution is -0.122. The van der Waals surface area contributed by atoms with Crippen molar-refractivity contribution >= 4 is 44.0 Å². The summed E-state index contributed by atoms with van der Waals surface area (Å²) in [6, 6.07) is 11.9. The number of amides is 1. The van der Waals surface area contributed by atoms with Gasteiger partial charge in [-0.1, -0.05) is 61.0 Å². The van der Waals surface area contributed by atoms with E-state index in [4.69, 9.17) is 0 Å². The average Bonchev–Trinajstić information content (AvgIpc) is 3.39. The van der Waals surface area contributed by atoms with E-state index in [1.54, 1.807) is 12.1 Å². The van der Waals surface area contributed by atoms with Gasteiger partial charge in [-0.25, -0.2) is 5.43 Å². The molecule has 0 aliphatic heterocycles. The van der Waals surface area contributed by atoms with Gasteiger partial charge in [-0.05, 0) is 56.9 Å². The van der Waals surface area contributed by atoms with Gasteiger partial charge < -0.3 is 5.11 Å². The molecule has 2 aromatic rings. The molecule has 1 aliphatic carbocycles. The third kappa shape index (κ3) is 4.79. The molecule has 1 saturated carbocycles. The van der Waals surface area contributed by atoms with Crippen molar-refractivity contribution in [1.82, 2.24) is 5.43 Å². The van der Waals surface area contributed by atoms with Gasteiger partial charge in [-0.2, -0.15) is 5.10 Å². The molecule has 142 valence electrons. The molecule has 1 fully saturated rings. The van der Waals surface area contributed by atoms with Gasteiger partial charge in [0.25, 0.3) is 0 Å². The van der Waals surface area contributed by atoms with Gasteiger partial charge in [-0.3, -0.25) is 4.79 Å². The van der Waals surface area contributed by atoms with Gasteiger partial charge in [0.1, 0.15) is 5.75 Å². The Hall–Kier alpha value is -1.66. The van der Waals surface area contributed by atoms with Gasteiger partial charge in [0.15, 0.2) is 0 Å². The predicted octanol–water partition coefficient (Wildman–Crippen LogP) is 5.47. The fourth-order valence-electron chi connectivity index (χ4n) is 2.98. The van der Waals surface area contributed by atoms with Crippen LogP contribution in [0.15, 0.2) is 50.4 Å². The van der Waals surface area contributed by atoms with E-state index >= 15 is 0 Å². The highest BCUT2D eigenvalue weighted by molar-refractivity contribution is 9.11. The Morgan fingerprint density at radius 1 is 1.19 bits per heavy atom. The van der Waals surface area contributed by atoms with Crippen LogP contribution < -0.4 is 5.43 Å². The zero-order chi connectivity index (χ0) is 19.8. The maximum Gasteiger partial charge on any atom is 0.243 e. The summed E-state index contributed by atoms with van der Waals surface area (Å²) in [5.41, 5.74) is 5.91. The third-order valence-corrected chi connectivity index (χ3v) is 6.10. The van der Waals surface area contributed by atoms with Crippen LogP contribution >= 0.6 is 31.9 Å². The first-order chi connectivity index (χ1) is 12.7. The molecule has 6 heteroatoms. The molecule has 2 aromatic carbocycles. The number of carbonyl (C=O) groups excluding carboxylic acids is 1. The van der Waals surface area contributed by atoms with E-state index in [2.05, 4.69) is 87.4 Å². The van der Waals surface area contributed by atoms with Crippen LogP contribution in [-0.2, 0) is 10.2 Å². The minimum Gasteiger partial charge on any atom is -0.507 e. The van der Waals surface area contributed by atoms with Crippen molar-refractivity contribution in [1.29, 1.82) is 0 Å². The van der Waals surface area contributed by atoms with Crippen molar-refractivity contribution in [3.63, 3.8) is 0 Å². The molecule has 0 bridgehead atoms. The van der Waals surface area contributed by atoms with Crippen molar-refractivity contribution < 1.29 is 9.90 Å². The zero-order valence-electron chi connectivity index (χ0n) is 15.5. The molecule has 0 spiro atoms. The van der Waals surface area contributed by atoms with E-state index in [1.165, 1.54) is 17.3 Å². The molecule has 4 nitrogen and oxygen atoms in total. The molecule has 0 aromatic heterocycles. The van der Waals surface area contributed by atoms with Crippen LogP contribution in [0, 0.1) is 5.92 Å². The monoisotopic (exact) mass is 492 g/mol. The number of nitrogens with zero attached hydrogens (tertiary/aromatic N) is 1. The van der Waals surface area contributed by atoms with Crippen molar-refractivity contribution in [3.8, 4) is 5.75 Å². The molecule has 2 atom stereocenters. The first-order valence-corrected chi connectivity index (χ1v) is 10.4. The third-order valence-electron chi connectivity index (χ3n) is 4.78. The quantitative estimate of drug-likeness (QED) is 0.438. The van der Waals surface area contributed by atoms with Crippen LogP contribution in [-0.4, -0.2) is 17.2 Å². The molecule has 1 aliphatic rings. The number of aromatic hydroxyl groups is 1. The highest BCUT2D eigenvalue weighted by Crippen LogP contribution is 2.47. The molecular formula is C21H22Br2N2O2. The summed E-state index contributed by atoms with van der Waals surface area (Å²) in [6.45, 7) is 6.57. The van der Waals surface area contributed by atoms with Gasteiger partial charge in [0, 0.05) is 16.0 Å². The molecule has 3 rings (SSSR count). The first kappa shape index (κ1) is 20.1. The number of hydrazone groups is 1. The van der Waals surface area contributed by atoms with Crippen LogP contribution in [0.25, 0.3) is 0 Å². The predicted molar refractivity (Wildman–Crippen MR) is 115 cm³/mol. The van der Waals surface area contributed by atoms with Crippen molar-refractivity contribution in [2.75, 3.05) is 0 Å². The largest absolute Gasteiger partial charge is 0.507 e. The molecular weight excluding hydrogens is 472 g/mol. The van der Waals surface area contributed by atoms with E-state index in [9.17, 15) is 9.90 Å². The summed E-state index contributed by atoms with van der Waals surface area (Å²) in [7, 11) is 0. The Bertz CT molecular complexity index is 886. The summed E-state index contributed by atoms with van der Waals surface area (Å²) >= 11 is 6.65. The van der Waals surface area contributed by atoms with Crippen LogP contribution in [0.1, 0.15) is 49.8 Å². The van der Waals surface area contributed by atoms with E-state index in [1.807, 2.05) is 0 Å². The number of halogens is 2. The molecule has 0 unspecified atom stereocenters. The van der Waals surface area contributed by atoms with Gasteiger partial charge in [0.2, 0.25) is 5.91 Å². The summed E-state index contributed by atoms with van der Waals surface area (Å²) < 4.78 is 1.36. The lowest BCUT2D eigenvalue weighted by atomic mass is 9.86. The lowest BCUT2D eigenvalue weighted by Crippen LogP contribution is -2.20. The van der Waals surface area contributed by atoms with Crippen LogP contribution in [0.4, 0.5) is 0 Å². The highest BCUT2D eigenvalue weighted by Gasteiger charge is 2.44. The van der Waals surface area contributed by atoms with Crippen LogP contribution in [0.3, 0.4) is 0 Å². The zero-order valence-corrected chi connectivity index (χ0v) is 18.6. The smallest absolute Gasteiger partial charge is 0.243 e. The maximum atomic E-state index is 12.3. The van der Waals surface area contributed by atoms with Crippen molar-refractivity contribution in [3.05, 3.63) is 62.0 Å². The van der Waals surface area contributed by atoms with Gasteiger partial charge in [0.05, 0.1) is 10.7 Å². The summed E-state index contributed by atoms with van der Waals surface area (Å²) in [5.74, 6) is 0.266. The number of hydrogen-bond acceptors (Lipinski definition) is 3. The van der Waals surface area contributed by atoms with Gasteiger partial charge >= 0.3 is 0 Å². The molecule has 0 radical (unpaired) electrons. The van der Waals surface area contributed by atoms with E-state index in [0.717, 1.165) is 10.9 Å². The SMILES string of the molecule is CC(C)(C)c1ccc([C@H]2C[C@H]2C(=O)N/N=C/c2cc(O)c(Br)cc2Br)cc1. The number of nitrogens with one attached hydrogen (secondary N) is 1. The second-order valence-corrected chi connectivity index (χ2v) is 9.59. The molecule has 27 heavy (non-hydrogen) atoms. The number of benzene rings is 2. The fraction of sp³-hybridized carbons (Fsp3) is 0.333.